The van der Waals surface area contributed by atoms with Gasteiger partial charge in [0.15, 0.2) is 23.0 Å². The van der Waals surface area contributed by atoms with Crippen molar-refractivity contribution in [3.05, 3.63) is 77.8 Å². The number of nitrogens with zero attached hydrogens (tertiary/aromatic N) is 4. The minimum absolute atomic E-state index is 0.102. The van der Waals surface area contributed by atoms with Crippen LogP contribution in [0.5, 0.6) is 11.5 Å². The molecule has 0 unspecified atom stereocenters. The Morgan fingerprint density at radius 3 is 2.70 bits per heavy atom. The van der Waals surface area contributed by atoms with Crippen molar-refractivity contribution in [3.63, 3.8) is 0 Å². The Balaban J connectivity index is 1.60. The number of fused-ring (bicyclic) bond motifs is 1. The van der Waals surface area contributed by atoms with E-state index in [0.29, 0.717) is 33.9 Å². The molecule has 0 spiro atoms. The summed E-state index contributed by atoms with van der Waals surface area (Å²) in [4.78, 5) is 19.7. The number of aromatic nitrogens is 4. The van der Waals surface area contributed by atoms with Gasteiger partial charge in [-0.15, -0.1) is 0 Å². The van der Waals surface area contributed by atoms with Gasteiger partial charge in [-0.05, 0) is 48.4 Å². The summed E-state index contributed by atoms with van der Waals surface area (Å²) in [5.74, 6) is 0.228. The molecule has 5 rings (SSSR count). The summed E-state index contributed by atoms with van der Waals surface area (Å²) in [6.07, 6.45) is -0.782. The lowest BCUT2D eigenvalue weighted by molar-refractivity contribution is -0.141. The van der Waals surface area contributed by atoms with Crippen molar-refractivity contribution in [2.24, 2.45) is 0 Å². The van der Waals surface area contributed by atoms with E-state index < -0.39 is 17.8 Å². The van der Waals surface area contributed by atoms with E-state index in [-0.39, 0.29) is 24.3 Å². The molecule has 0 atom stereocenters. The number of aliphatic carboxylic acids is 1. The first-order chi connectivity index (χ1) is 17.7. The van der Waals surface area contributed by atoms with Crippen LogP contribution in [0.1, 0.15) is 17.0 Å². The third kappa shape index (κ3) is 5.08. The largest absolute Gasteiger partial charge is 0.478 e. The summed E-state index contributed by atoms with van der Waals surface area (Å²) < 4.78 is 52.0. The van der Waals surface area contributed by atoms with Crippen molar-refractivity contribution < 1.29 is 32.5 Å². The van der Waals surface area contributed by atoms with E-state index in [1.807, 2.05) is 0 Å². The van der Waals surface area contributed by atoms with E-state index in [1.165, 1.54) is 19.2 Å². The van der Waals surface area contributed by atoms with Crippen LogP contribution in [0.25, 0.3) is 23.0 Å². The number of ether oxygens (including phenoxy) is 2. The summed E-state index contributed by atoms with van der Waals surface area (Å²) in [5, 5.41) is 15.7. The number of hydrogen-bond acceptors (Lipinski definition) is 7. The Bertz CT molecular complexity index is 1530. The highest BCUT2D eigenvalue weighted by molar-refractivity contribution is 5.86. The molecule has 0 fully saturated rings. The molecular weight excluding hydrogens is 491 g/mol. The maximum Gasteiger partial charge on any atom is 0.435 e. The average molecular weight is 509 g/mol. The topological polar surface area (TPSA) is 111 Å². The molecule has 4 aromatic rings. The van der Waals surface area contributed by atoms with Gasteiger partial charge < -0.3 is 19.9 Å². The van der Waals surface area contributed by atoms with Crippen molar-refractivity contribution in [1.29, 1.82) is 0 Å². The van der Waals surface area contributed by atoms with E-state index >= 15 is 0 Å². The number of carboxylic acids is 1. The molecule has 2 aromatic heterocycles. The zero-order valence-electron chi connectivity index (χ0n) is 19.2. The molecular formula is C25H18F3N5O4. The number of benzene rings is 2. The molecule has 37 heavy (non-hydrogen) atoms. The van der Waals surface area contributed by atoms with Crippen molar-refractivity contribution in [3.8, 4) is 28.4 Å². The van der Waals surface area contributed by atoms with Crippen molar-refractivity contribution in [2.75, 3.05) is 12.1 Å². The fourth-order valence-corrected chi connectivity index (χ4v) is 3.71. The summed E-state index contributed by atoms with van der Waals surface area (Å²) >= 11 is 0. The fourth-order valence-electron chi connectivity index (χ4n) is 3.71. The summed E-state index contributed by atoms with van der Waals surface area (Å²) in [6, 6.07) is 12.8. The average Bonchev–Trinajstić information content (AvgIpc) is 3.49. The number of halogens is 3. The maximum absolute atomic E-state index is 13.4. The first-order valence-electron chi connectivity index (χ1n) is 10.9. The lowest BCUT2D eigenvalue weighted by atomic mass is 10.0. The quantitative estimate of drug-likeness (QED) is 0.340. The molecule has 0 aliphatic carbocycles. The van der Waals surface area contributed by atoms with Crippen LogP contribution in [0.2, 0.25) is 0 Å². The Kier molecular flexibility index (Phi) is 5.99. The number of hydrogen-bond donors (Lipinski definition) is 2. The number of carbonyl (C=O) groups is 1. The fraction of sp³-hybridized carbons (Fsp3) is 0.120. The minimum Gasteiger partial charge on any atom is -0.478 e. The van der Waals surface area contributed by atoms with Gasteiger partial charge in [-0.3, -0.25) is 0 Å². The number of rotatable bonds is 6. The Labute approximate surface area is 207 Å². The smallest absolute Gasteiger partial charge is 0.435 e. The molecule has 3 heterocycles. The van der Waals surface area contributed by atoms with Gasteiger partial charge in [-0.25, -0.2) is 14.5 Å². The van der Waals surface area contributed by atoms with Crippen LogP contribution >= 0.6 is 0 Å². The SMILES string of the molecule is Cc1cc(C(F)(F)F)nn1-c1nc(Nc2ccc3c(c2)OCO3)ncc1-c1cccc(/C=C/C(=O)O)c1. The molecule has 0 amide bonds. The zero-order valence-corrected chi connectivity index (χ0v) is 19.2. The van der Waals surface area contributed by atoms with Gasteiger partial charge >= 0.3 is 12.1 Å². The molecule has 12 heteroatoms. The summed E-state index contributed by atoms with van der Waals surface area (Å²) in [7, 11) is 0. The third-order valence-corrected chi connectivity index (χ3v) is 5.39. The van der Waals surface area contributed by atoms with E-state index in [4.69, 9.17) is 14.6 Å². The van der Waals surface area contributed by atoms with Crippen LogP contribution in [0.4, 0.5) is 24.8 Å². The predicted molar refractivity (Wildman–Crippen MR) is 127 cm³/mol. The van der Waals surface area contributed by atoms with Gasteiger partial charge in [0.2, 0.25) is 12.7 Å². The van der Waals surface area contributed by atoms with Gasteiger partial charge in [0.05, 0.1) is 0 Å². The molecule has 9 nitrogen and oxygen atoms in total. The molecule has 1 aliphatic rings. The van der Waals surface area contributed by atoms with Gasteiger partial charge in [-0.2, -0.15) is 23.3 Å². The zero-order chi connectivity index (χ0) is 26.2. The molecule has 0 bridgehead atoms. The Morgan fingerprint density at radius 2 is 1.95 bits per heavy atom. The Hall–Kier alpha value is -4.87. The number of anilines is 2. The molecule has 188 valence electrons. The maximum atomic E-state index is 13.4. The molecule has 0 saturated heterocycles. The van der Waals surface area contributed by atoms with Crippen LogP contribution in [-0.4, -0.2) is 37.6 Å². The molecule has 0 saturated carbocycles. The van der Waals surface area contributed by atoms with E-state index in [1.54, 1.807) is 42.5 Å². The van der Waals surface area contributed by atoms with Crippen LogP contribution in [-0.2, 0) is 11.0 Å². The van der Waals surface area contributed by atoms with Crippen LogP contribution in [0.15, 0.2) is 60.8 Å². The van der Waals surface area contributed by atoms with Crippen molar-refractivity contribution >= 4 is 23.7 Å². The van der Waals surface area contributed by atoms with Crippen molar-refractivity contribution in [1.82, 2.24) is 19.7 Å². The predicted octanol–water partition coefficient (Wildman–Crippen LogP) is 5.23. The highest BCUT2D eigenvalue weighted by Crippen LogP contribution is 2.36. The first-order valence-corrected chi connectivity index (χ1v) is 10.9. The Morgan fingerprint density at radius 1 is 1.14 bits per heavy atom. The second kappa shape index (κ2) is 9.30. The standard InChI is InChI=1S/C25H18F3N5O4/c1-14-9-21(25(26,27)28)32-33(14)23-18(16-4-2-3-15(10-16)5-8-22(34)35)12-29-24(31-23)30-17-6-7-19-20(11-17)37-13-36-19/h2-12H,13H2,1H3,(H,34,35)(H,29,30,31)/b8-5+. The second-order valence-electron chi connectivity index (χ2n) is 8.00. The number of nitrogens with one attached hydrogen (secondary N) is 1. The summed E-state index contributed by atoms with van der Waals surface area (Å²) in [5.41, 5.74) is 1.25. The van der Waals surface area contributed by atoms with Gasteiger partial charge in [0, 0.05) is 35.3 Å². The highest BCUT2D eigenvalue weighted by Gasteiger charge is 2.35. The van der Waals surface area contributed by atoms with Crippen LogP contribution in [0.3, 0.4) is 0 Å². The van der Waals surface area contributed by atoms with Crippen molar-refractivity contribution in [2.45, 2.75) is 13.1 Å². The van der Waals surface area contributed by atoms with Crippen LogP contribution in [0, 0.1) is 6.92 Å². The van der Waals surface area contributed by atoms with Gasteiger partial charge in [-0.1, -0.05) is 18.2 Å². The monoisotopic (exact) mass is 509 g/mol. The van der Waals surface area contributed by atoms with Gasteiger partial charge in [0.25, 0.3) is 0 Å². The highest BCUT2D eigenvalue weighted by atomic mass is 19.4. The lowest BCUT2D eigenvalue weighted by Crippen LogP contribution is -2.10. The number of alkyl halides is 3. The second-order valence-corrected chi connectivity index (χ2v) is 8.00. The molecule has 1 aliphatic heterocycles. The molecule has 2 aromatic carbocycles. The third-order valence-electron chi connectivity index (χ3n) is 5.39. The minimum atomic E-state index is -4.64. The number of carboxylic acid groups (broad SMARTS) is 1. The first kappa shape index (κ1) is 23.9. The van der Waals surface area contributed by atoms with E-state index in [2.05, 4.69) is 20.4 Å². The molecule has 2 N–H and O–H groups in total. The van der Waals surface area contributed by atoms with Crippen LogP contribution < -0.4 is 14.8 Å². The lowest BCUT2D eigenvalue weighted by Gasteiger charge is -2.13. The molecule has 0 radical (unpaired) electrons. The van der Waals surface area contributed by atoms with E-state index in [0.717, 1.165) is 16.8 Å². The normalized spacial score (nSPS) is 12.8. The van der Waals surface area contributed by atoms with E-state index in [9.17, 15) is 18.0 Å². The number of aryl methyl sites for hydroxylation is 1. The van der Waals surface area contributed by atoms with Gasteiger partial charge in [0.1, 0.15) is 0 Å². The summed E-state index contributed by atoms with van der Waals surface area (Å²) in [6.45, 7) is 1.60.